The van der Waals surface area contributed by atoms with E-state index in [2.05, 4.69) is 6.92 Å². The zero-order valence-corrected chi connectivity index (χ0v) is 11.7. The third kappa shape index (κ3) is 3.14. The Bertz CT molecular complexity index is 438. The van der Waals surface area contributed by atoms with E-state index in [9.17, 15) is 9.18 Å². The van der Waals surface area contributed by atoms with E-state index in [4.69, 9.17) is 0 Å². The molecule has 1 aromatic rings. The molecule has 0 radical (unpaired) electrons. The predicted molar refractivity (Wildman–Crippen MR) is 75.8 cm³/mol. The van der Waals surface area contributed by atoms with E-state index >= 15 is 0 Å². The van der Waals surface area contributed by atoms with E-state index in [0.717, 1.165) is 32.0 Å². The molecule has 0 bridgehead atoms. The van der Waals surface area contributed by atoms with Crippen LogP contribution in [0.25, 0.3) is 0 Å². The molecule has 3 heteroatoms. The van der Waals surface area contributed by atoms with Crippen LogP contribution < -0.4 is 4.90 Å². The topological polar surface area (TPSA) is 20.3 Å². The third-order valence-electron chi connectivity index (χ3n) is 4.34. The summed E-state index contributed by atoms with van der Waals surface area (Å²) in [6, 6.07) is 6.73. The minimum atomic E-state index is -0.302. The Balaban J connectivity index is 2.10. The molecule has 1 aliphatic carbocycles. The van der Waals surface area contributed by atoms with Gasteiger partial charge in [0.25, 0.3) is 0 Å². The largest absolute Gasteiger partial charge is 0.371 e. The first-order valence-electron chi connectivity index (χ1n) is 6.98. The molecule has 2 nitrogen and oxygen atoms in total. The molecule has 1 fully saturated rings. The summed E-state index contributed by atoms with van der Waals surface area (Å²) in [5.74, 6) is 0.474. The Labute approximate surface area is 114 Å². The fourth-order valence-corrected chi connectivity index (χ4v) is 2.97. The maximum atomic E-state index is 13.8. The van der Waals surface area contributed by atoms with Crippen molar-refractivity contribution in [3.63, 3.8) is 0 Å². The number of para-hydroxylation sites is 1. The molecule has 0 spiro atoms. The molecule has 19 heavy (non-hydrogen) atoms. The lowest BCUT2D eigenvalue weighted by molar-refractivity contribution is -0.117. The minimum Gasteiger partial charge on any atom is -0.371 e. The average Bonchev–Trinajstić information content (AvgIpc) is 2.42. The molecule has 0 N–H and O–H groups in total. The highest BCUT2D eigenvalue weighted by molar-refractivity contribution is 5.62. The van der Waals surface area contributed by atoms with Crippen LogP contribution in [0.4, 0.5) is 10.1 Å². The first-order valence-corrected chi connectivity index (χ1v) is 6.98. The van der Waals surface area contributed by atoms with Gasteiger partial charge in [0, 0.05) is 19.0 Å². The van der Waals surface area contributed by atoms with Crippen LogP contribution >= 0.6 is 0 Å². The van der Waals surface area contributed by atoms with Gasteiger partial charge in [0.05, 0.1) is 5.69 Å². The SMILES string of the molecule is CC1CCC(C=O)(CN(C)c2ccccc2F)CC1. The Hall–Kier alpha value is -1.38. The molecule has 0 amide bonds. The van der Waals surface area contributed by atoms with Crippen molar-refractivity contribution in [2.75, 3.05) is 18.5 Å². The number of carbonyl (C=O) groups excluding carboxylic acids is 1. The number of anilines is 1. The summed E-state index contributed by atoms with van der Waals surface area (Å²) in [7, 11) is 1.86. The van der Waals surface area contributed by atoms with Crippen LogP contribution in [0.1, 0.15) is 32.6 Å². The summed E-state index contributed by atoms with van der Waals surface area (Å²) in [6.45, 7) is 2.83. The van der Waals surface area contributed by atoms with Crippen molar-refractivity contribution in [1.29, 1.82) is 0 Å². The van der Waals surface area contributed by atoms with E-state index in [0.29, 0.717) is 18.2 Å². The molecule has 1 aromatic carbocycles. The van der Waals surface area contributed by atoms with Crippen molar-refractivity contribution in [1.82, 2.24) is 0 Å². The number of hydrogen-bond acceptors (Lipinski definition) is 2. The van der Waals surface area contributed by atoms with Gasteiger partial charge < -0.3 is 9.69 Å². The Kier molecular flexibility index (Phi) is 4.23. The number of nitrogens with zero attached hydrogens (tertiary/aromatic N) is 1. The number of rotatable bonds is 4. The molecule has 1 aliphatic rings. The van der Waals surface area contributed by atoms with Gasteiger partial charge in [-0.05, 0) is 43.7 Å². The second-order valence-corrected chi connectivity index (χ2v) is 5.97. The average molecular weight is 263 g/mol. The van der Waals surface area contributed by atoms with Gasteiger partial charge in [-0.3, -0.25) is 0 Å². The van der Waals surface area contributed by atoms with Gasteiger partial charge in [0.1, 0.15) is 12.1 Å². The lowest BCUT2D eigenvalue weighted by atomic mass is 9.71. The molecular weight excluding hydrogens is 241 g/mol. The van der Waals surface area contributed by atoms with Crippen LogP contribution in [0, 0.1) is 17.2 Å². The minimum absolute atomic E-state index is 0.227. The number of hydrogen-bond donors (Lipinski definition) is 0. The second kappa shape index (κ2) is 5.72. The second-order valence-electron chi connectivity index (χ2n) is 5.97. The van der Waals surface area contributed by atoms with E-state index in [-0.39, 0.29) is 11.2 Å². The predicted octanol–water partition coefficient (Wildman–Crippen LogP) is 3.66. The standard InChI is InChI=1S/C16H22FNO/c1-13-7-9-16(12-19,10-8-13)11-18(2)15-6-4-3-5-14(15)17/h3-6,12-13H,7-11H2,1-2H3. The van der Waals surface area contributed by atoms with Crippen molar-refractivity contribution in [2.45, 2.75) is 32.6 Å². The van der Waals surface area contributed by atoms with Crippen LogP contribution in [-0.2, 0) is 4.79 Å². The number of halogens is 1. The normalized spacial score (nSPS) is 27.0. The summed E-state index contributed by atoms with van der Waals surface area (Å²) < 4.78 is 13.8. The Morgan fingerprint density at radius 2 is 2.00 bits per heavy atom. The monoisotopic (exact) mass is 263 g/mol. The van der Waals surface area contributed by atoms with Gasteiger partial charge in [-0.25, -0.2) is 4.39 Å². The summed E-state index contributed by atoms with van der Waals surface area (Å²) in [5, 5.41) is 0. The maximum Gasteiger partial charge on any atom is 0.146 e. The number of carbonyl (C=O) groups is 1. The van der Waals surface area contributed by atoms with Gasteiger partial charge in [0.15, 0.2) is 0 Å². The highest BCUT2D eigenvalue weighted by Crippen LogP contribution is 2.38. The number of aldehydes is 1. The molecule has 0 heterocycles. The smallest absolute Gasteiger partial charge is 0.146 e. The first-order chi connectivity index (χ1) is 9.06. The summed E-state index contributed by atoms with van der Waals surface area (Å²) in [4.78, 5) is 13.4. The fourth-order valence-electron chi connectivity index (χ4n) is 2.97. The zero-order chi connectivity index (χ0) is 13.9. The molecular formula is C16H22FNO. The molecule has 0 unspecified atom stereocenters. The van der Waals surface area contributed by atoms with Crippen molar-refractivity contribution in [2.24, 2.45) is 11.3 Å². The van der Waals surface area contributed by atoms with Gasteiger partial charge in [-0.15, -0.1) is 0 Å². The Morgan fingerprint density at radius 3 is 2.58 bits per heavy atom. The van der Waals surface area contributed by atoms with Gasteiger partial charge >= 0.3 is 0 Å². The molecule has 2 rings (SSSR count). The van der Waals surface area contributed by atoms with Crippen molar-refractivity contribution >= 4 is 12.0 Å². The summed E-state index contributed by atoms with van der Waals surface area (Å²) >= 11 is 0. The molecule has 0 atom stereocenters. The Morgan fingerprint density at radius 1 is 1.37 bits per heavy atom. The van der Waals surface area contributed by atoms with Crippen molar-refractivity contribution in [3.05, 3.63) is 30.1 Å². The molecule has 0 saturated heterocycles. The van der Waals surface area contributed by atoms with Crippen LogP contribution in [0.3, 0.4) is 0 Å². The summed E-state index contributed by atoms with van der Waals surface area (Å²) in [6.07, 6.45) is 5.09. The lowest BCUT2D eigenvalue weighted by Crippen LogP contribution is -2.40. The highest BCUT2D eigenvalue weighted by atomic mass is 19.1. The fraction of sp³-hybridized carbons (Fsp3) is 0.562. The summed E-state index contributed by atoms with van der Waals surface area (Å²) in [5.41, 5.74) is 0.270. The molecule has 0 aliphatic heterocycles. The van der Waals surface area contributed by atoms with Crippen LogP contribution in [0.2, 0.25) is 0 Å². The third-order valence-corrected chi connectivity index (χ3v) is 4.34. The first kappa shape index (κ1) is 14.0. The van der Waals surface area contributed by atoms with Crippen LogP contribution in [0.15, 0.2) is 24.3 Å². The van der Waals surface area contributed by atoms with Gasteiger partial charge in [0.2, 0.25) is 0 Å². The van der Waals surface area contributed by atoms with Crippen LogP contribution in [-0.4, -0.2) is 19.9 Å². The molecule has 0 aromatic heterocycles. The lowest BCUT2D eigenvalue weighted by Gasteiger charge is -2.38. The van der Waals surface area contributed by atoms with E-state index < -0.39 is 0 Å². The molecule has 104 valence electrons. The van der Waals surface area contributed by atoms with E-state index in [1.165, 1.54) is 6.07 Å². The van der Waals surface area contributed by atoms with Crippen molar-refractivity contribution < 1.29 is 9.18 Å². The van der Waals surface area contributed by atoms with Gasteiger partial charge in [-0.2, -0.15) is 0 Å². The quantitative estimate of drug-likeness (QED) is 0.773. The zero-order valence-electron chi connectivity index (χ0n) is 11.7. The van der Waals surface area contributed by atoms with Crippen molar-refractivity contribution in [3.8, 4) is 0 Å². The van der Waals surface area contributed by atoms with E-state index in [1.807, 2.05) is 18.0 Å². The van der Waals surface area contributed by atoms with E-state index in [1.54, 1.807) is 12.1 Å². The molecule has 1 saturated carbocycles. The van der Waals surface area contributed by atoms with Gasteiger partial charge in [-0.1, -0.05) is 19.1 Å². The maximum absolute atomic E-state index is 13.8. The number of benzene rings is 1. The van der Waals surface area contributed by atoms with Crippen LogP contribution in [0.5, 0.6) is 0 Å². The highest BCUT2D eigenvalue weighted by Gasteiger charge is 2.35.